The van der Waals surface area contributed by atoms with Crippen LogP contribution in [0.15, 0.2) is 97.7 Å². The van der Waals surface area contributed by atoms with E-state index in [2.05, 4.69) is 92.0 Å². The Labute approximate surface area is 477 Å². The molecule has 0 spiro atoms. The molecule has 416 valence electrons. The zero-order chi connectivity index (χ0) is 56.4. The molecule has 10 rings (SSSR count). The molecule has 5 aliphatic heterocycles. The number of carboxylic acid groups (broad SMARTS) is 1. The summed E-state index contributed by atoms with van der Waals surface area (Å²) in [6, 6.07) is 19.0. The summed E-state index contributed by atoms with van der Waals surface area (Å²) in [5.41, 5.74) is 4.99. The first-order valence-corrected chi connectivity index (χ1v) is 28.3. The zero-order valence-corrected chi connectivity index (χ0v) is 47.3. The van der Waals surface area contributed by atoms with Gasteiger partial charge >= 0.3 is 5.97 Å². The normalized spacial score (nSPS) is 21.8. The number of fused-ring (bicyclic) bond motifs is 1. The van der Waals surface area contributed by atoms with Gasteiger partial charge in [-0.2, -0.15) is 10.2 Å². The van der Waals surface area contributed by atoms with Gasteiger partial charge in [0.05, 0.1) is 42.4 Å². The molecule has 5 amide bonds. The minimum Gasteiger partial charge on any atom is -0.478 e. The smallest absolute Gasteiger partial charge is 0.335 e. The van der Waals surface area contributed by atoms with Gasteiger partial charge in [-0.25, -0.2) is 14.2 Å². The van der Waals surface area contributed by atoms with Gasteiger partial charge in [0.15, 0.2) is 0 Å². The van der Waals surface area contributed by atoms with E-state index in [1.165, 1.54) is 14.3 Å². The highest BCUT2D eigenvalue weighted by atomic mass is 79.9. The van der Waals surface area contributed by atoms with E-state index >= 15 is 0 Å². The molecule has 5 aromatic rings. The van der Waals surface area contributed by atoms with Crippen LogP contribution in [0.4, 0.5) is 17.1 Å². The number of amides is 5. The number of aryl methyl sites for hydroxylation is 2. The summed E-state index contributed by atoms with van der Waals surface area (Å²) in [6.45, 7) is 4.49. The van der Waals surface area contributed by atoms with Gasteiger partial charge in [0.2, 0.25) is 11.8 Å². The average molecular weight is 1220 g/mol. The summed E-state index contributed by atoms with van der Waals surface area (Å²) < 4.78 is 3.25. The number of hydrogen-bond donors (Lipinski definition) is 5. The second-order valence-electron chi connectivity index (χ2n) is 21.4. The predicted molar refractivity (Wildman–Crippen MR) is 304 cm³/mol. The van der Waals surface area contributed by atoms with Crippen LogP contribution in [0.25, 0.3) is 0 Å². The molecule has 5 aliphatic rings. The fourth-order valence-corrected chi connectivity index (χ4v) is 12.4. The van der Waals surface area contributed by atoms with Crippen LogP contribution in [0.3, 0.4) is 0 Å². The fraction of sp³-hybridized carbons (Fsp3) is 0.404. The first-order chi connectivity index (χ1) is 38.4. The fourth-order valence-electron chi connectivity index (χ4n) is 11.6. The van der Waals surface area contributed by atoms with Gasteiger partial charge < -0.3 is 40.7 Å². The summed E-state index contributed by atoms with van der Waals surface area (Å²) in [7, 11) is 4.08. The number of aromatic carboxylic acids is 1. The van der Waals surface area contributed by atoms with Gasteiger partial charge in [-0.15, -0.1) is 0 Å². The zero-order valence-electron chi connectivity index (χ0n) is 44.1. The summed E-state index contributed by atoms with van der Waals surface area (Å²) in [5.74, 6) is 3.37. The van der Waals surface area contributed by atoms with Crippen molar-refractivity contribution in [3.63, 3.8) is 0 Å². The largest absolute Gasteiger partial charge is 0.478 e. The van der Waals surface area contributed by atoms with Gasteiger partial charge in [-0.3, -0.25) is 38.9 Å². The predicted octanol–water partition coefficient (Wildman–Crippen LogP) is 4.78. The number of carbonyl (C=O) groups excluding carboxylic acids is 5. The van der Waals surface area contributed by atoms with Crippen LogP contribution in [0.2, 0.25) is 0 Å². The van der Waals surface area contributed by atoms with Crippen molar-refractivity contribution in [2.75, 3.05) is 69.3 Å². The second kappa shape index (κ2) is 24.1. The Morgan fingerprint density at radius 2 is 1.27 bits per heavy atom. The van der Waals surface area contributed by atoms with Gasteiger partial charge in [-0.1, -0.05) is 30.2 Å². The topological polar surface area (TPSA) is 254 Å². The molecule has 7 heterocycles. The first-order valence-electron chi connectivity index (χ1n) is 26.7. The third-order valence-electron chi connectivity index (χ3n) is 15.7. The Morgan fingerprint density at radius 3 is 1.81 bits per heavy atom. The van der Waals surface area contributed by atoms with Crippen LogP contribution in [0, 0.1) is 17.8 Å². The van der Waals surface area contributed by atoms with Gasteiger partial charge in [0.1, 0.15) is 15.0 Å². The van der Waals surface area contributed by atoms with Crippen molar-refractivity contribution in [3.05, 3.63) is 142 Å². The third kappa shape index (κ3) is 12.6. The lowest BCUT2D eigenvalue weighted by Crippen LogP contribution is -2.52. The number of likely N-dealkylation sites (N-methyl/N-ethyl adjacent to an activating group) is 2. The maximum Gasteiger partial charge on any atom is 0.335 e. The lowest BCUT2D eigenvalue weighted by atomic mass is 9.87. The Hall–Kier alpha value is -7.52. The maximum absolute atomic E-state index is 13.7. The molecule has 4 saturated heterocycles. The number of nitrogens with zero attached hydrogens (tertiary/aromatic N) is 8. The van der Waals surface area contributed by atoms with Crippen LogP contribution < -0.4 is 32.4 Å². The summed E-state index contributed by atoms with van der Waals surface area (Å²) in [4.78, 5) is 110. The van der Waals surface area contributed by atoms with E-state index in [0.29, 0.717) is 68.6 Å². The first kappa shape index (κ1) is 55.8. The SMILES string of the molecule is CN1C[C@H](Nc2cnn(CCn3ncc(N[C@@H]4C[C@H](c5ccc(C(=O)N6CCC(C#CC(=O)Nc7ccc8c(c7)CN(C7CCC(=O)NC7=O)C8=O)CC6)cc5)CN(C)C4)c(Br)c3=O)c(=O)c2Br)C[C@H](c2ccc(C(=O)O)cc2)C1. The Balaban J connectivity index is 0.679. The highest BCUT2D eigenvalue weighted by Gasteiger charge is 2.39. The second-order valence-corrected chi connectivity index (χ2v) is 23.0. The molecule has 4 fully saturated rings. The van der Waals surface area contributed by atoms with E-state index in [-0.39, 0.29) is 96.7 Å². The van der Waals surface area contributed by atoms with Gasteiger partial charge in [-0.05, 0) is 155 Å². The van der Waals surface area contributed by atoms with Crippen molar-refractivity contribution in [1.82, 2.24) is 44.5 Å². The van der Waals surface area contributed by atoms with E-state index in [1.54, 1.807) is 42.7 Å². The Kier molecular flexibility index (Phi) is 16.8. The number of likely N-dealkylation sites (tertiary alicyclic amines) is 3. The molecule has 80 heavy (non-hydrogen) atoms. The molecule has 0 aliphatic carbocycles. The molecule has 5 atom stereocenters. The van der Waals surface area contributed by atoms with E-state index < -0.39 is 23.8 Å². The molecular formula is C57H60Br2N12O9. The van der Waals surface area contributed by atoms with E-state index in [4.69, 9.17) is 0 Å². The number of anilines is 3. The van der Waals surface area contributed by atoms with Crippen LogP contribution >= 0.6 is 31.9 Å². The van der Waals surface area contributed by atoms with Gasteiger partial charge in [0.25, 0.3) is 28.8 Å². The van der Waals surface area contributed by atoms with Crippen LogP contribution in [-0.4, -0.2) is 151 Å². The molecule has 0 radical (unpaired) electrons. The lowest BCUT2D eigenvalue weighted by Gasteiger charge is -2.37. The summed E-state index contributed by atoms with van der Waals surface area (Å²) in [5, 5.41) is 30.3. The van der Waals surface area contributed by atoms with E-state index in [0.717, 1.165) is 50.1 Å². The molecule has 21 nitrogen and oxygen atoms in total. The molecule has 3 aromatic carbocycles. The number of carbonyl (C=O) groups is 6. The van der Waals surface area contributed by atoms with E-state index in [1.807, 2.05) is 48.3 Å². The number of hydrogen-bond acceptors (Lipinski definition) is 14. The number of carboxylic acids is 1. The molecular weight excluding hydrogens is 1160 g/mol. The van der Waals surface area contributed by atoms with E-state index in [9.17, 15) is 43.5 Å². The van der Waals surface area contributed by atoms with Crippen LogP contribution in [-0.2, 0) is 34.0 Å². The van der Waals surface area contributed by atoms with Crippen molar-refractivity contribution < 1.29 is 33.9 Å². The molecule has 2 aromatic heterocycles. The number of imide groups is 1. The van der Waals surface area contributed by atoms with Crippen LogP contribution in [0.5, 0.6) is 0 Å². The van der Waals surface area contributed by atoms with Crippen LogP contribution in [0.1, 0.15) is 98.1 Å². The highest BCUT2D eigenvalue weighted by Crippen LogP contribution is 2.33. The van der Waals surface area contributed by atoms with Crippen molar-refractivity contribution in [2.45, 2.75) is 88.1 Å². The lowest BCUT2D eigenvalue weighted by molar-refractivity contribution is -0.137. The Morgan fingerprint density at radius 1 is 0.725 bits per heavy atom. The number of rotatable bonds is 13. The minimum absolute atomic E-state index is 0.000960. The van der Waals surface area contributed by atoms with Crippen molar-refractivity contribution in [3.8, 4) is 11.8 Å². The molecule has 0 saturated carbocycles. The number of halogens is 2. The molecule has 23 heteroatoms. The maximum atomic E-state index is 13.7. The van der Waals surface area contributed by atoms with Crippen molar-refractivity contribution in [1.29, 1.82) is 0 Å². The average Bonchev–Trinajstić information content (AvgIpc) is 4.02. The Bertz CT molecular complexity index is 3440. The summed E-state index contributed by atoms with van der Waals surface area (Å²) in [6.07, 6.45) is 6.42. The van der Waals surface area contributed by atoms with Crippen molar-refractivity contribution in [2.24, 2.45) is 5.92 Å². The molecule has 0 bridgehead atoms. The number of aromatic nitrogens is 4. The molecule has 5 N–H and O–H groups in total. The summed E-state index contributed by atoms with van der Waals surface area (Å²) >= 11 is 7.01. The highest BCUT2D eigenvalue weighted by molar-refractivity contribution is 9.11. The number of piperidine rings is 4. The monoisotopic (exact) mass is 1210 g/mol. The number of nitrogens with one attached hydrogen (secondary N) is 4. The number of benzene rings is 3. The van der Waals surface area contributed by atoms with Gasteiger partial charge in [0, 0.05) is 87.0 Å². The molecule has 1 unspecified atom stereocenters. The minimum atomic E-state index is -0.964. The quantitative estimate of drug-likeness (QED) is 0.0786. The third-order valence-corrected chi connectivity index (χ3v) is 17.2. The van der Waals surface area contributed by atoms with Crippen molar-refractivity contribution >= 4 is 84.4 Å². The standard InChI is InChI=1S/C57H60Br2N12O9/c1-66-28-38(34-4-8-36(9-5-34)53(75)68-19-17-33(18-20-68)3-15-48(72)64-41-12-13-44-40(25-41)30-69(54(44)76)47-14-16-49(73)65-52(47)74)23-42(31-66)62-45-26-60-70(55(77)50(45)58)21-22-71-56(78)51(59)46(27-61-71)63-43-24-39(29-67(2)32-43)35-6-10-37(11-7-35)57(79)80/h4-13,25-27,33,38-39,42-43,47,62-63H,14,16-24,28-32H2,1-2H3,(H,64,72)(H,79,80)(H,65,73,74)/t38-,39-,42+,43+,47?/m0/s1.